The van der Waals surface area contributed by atoms with Gasteiger partial charge in [-0.15, -0.1) is 0 Å². The normalized spacial score (nSPS) is 11.6. The molecule has 1 heterocycles. The van der Waals surface area contributed by atoms with Crippen LogP contribution in [0.1, 0.15) is 0 Å². The minimum absolute atomic E-state index is 1.11. The van der Waals surface area contributed by atoms with E-state index < -0.39 is 0 Å². The summed E-state index contributed by atoms with van der Waals surface area (Å²) in [5.74, 6) is 0. The van der Waals surface area contributed by atoms with Crippen LogP contribution in [-0.2, 0) is 0 Å². The number of fused-ring (bicyclic) bond motifs is 7. The Morgan fingerprint density at radius 2 is 0.980 bits per heavy atom. The highest BCUT2D eigenvalue weighted by atomic mass is 15.1. The highest BCUT2D eigenvalue weighted by Gasteiger charge is 2.19. The quantitative estimate of drug-likeness (QED) is 0.182. The molecule has 1 aromatic heterocycles. The predicted octanol–water partition coefficient (Wildman–Crippen LogP) is 13.4. The Morgan fingerprint density at radius 3 is 1.80 bits per heavy atom. The average molecular weight is 637 g/mol. The van der Waals surface area contributed by atoms with Gasteiger partial charge in [0.15, 0.2) is 0 Å². The van der Waals surface area contributed by atoms with Crippen LogP contribution in [0.5, 0.6) is 0 Å². The molecular formula is C48H32N2. The number of aromatic nitrogens is 1. The van der Waals surface area contributed by atoms with Gasteiger partial charge in [0.05, 0.1) is 16.7 Å². The van der Waals surface area contributed by atoms with Gasteiger partial charge in [-0.1, -0.05) is 133 Å². The monoisotopic (exact) mass is 636 g/mol. The molecule has 50 heavy (non-hydrogen) atoms. The van der Waals surface area contributed by atoms with Crippen molar-refractivity contribution in [2.75, 3.05) is 4.90 Å². The molecule has 0 spiro atoms. The number of rotatable bonds is 5. The van der Waals surface area contributed by atoms with Crippen LogP contribution in [-0.4, -0.2) is 4.57 Å². The maximum absolute atomic E-state index is 2.40. The third kappa shape index (κ3) is 4.50. The molecule has 0 radical (unpaired) electrons. The van der Waals surface area contributed by atoms with Crippen LogP contribution >= 0.6 is 0 Å². The van der Waals surface area contributed by atoms with Crippen molar-refractivity contribution in [1.82, 2.24) is 4.57 Å². The standard InChI is InChI=1S/C48H32N2/c1-2-15-37(16-3-1)49(46-31-29-40(42-18-8-9-19-43(42)46)36-23-22-33-12-4-5-14-35(33)32-36)38-25-27-39(28-26-38)50-45-21-11-10-20-44(45)48-41-17-7-6-13-34(41)24-30-47(48)50/h1-32H. The Balaban J connectivity index is 1.14. The molecule has 9 aromatic carbocycles. The molecule has 0 aliphatic rings. The first-order chi connectivity index (χ1) is 24.8. The second-order valence-electron chi connectivity index (χ2n) is 13.0. The van der Waals surface area contributed by atoms with Gasteiger partial charge in [0, 0.05) is 33.2 Å². The summed E-state index contributed by atoms with van der Waals surface area (Å²) < 4.78 is 2.40. The van der Waals surface area contributed by atoms with Gasteiger partial charge in [0.25, 0.3) is 0 Å². The molecule has 0 fully saturated rings. The van der Waals surface area contributed by atoms with Gasteiger partial charge in [-0.05, 0) is 98.7 Å². The largest absolute Gasteiger partial charge is 0.310 e. The summed E-state index contributed by atoms with van der Waals surface area (Å²) >= 11 is 0. The summed E-state index contributed by atoms with van der Waals surface area (Å²) in [4.78, 5) is 2.38. The second-order valence-corrected chi connectivity index (χ2v) is 13.0. The van der Waals surface area contributed by atoms with Crippen LogP contribution in [0.4, 0.5) is 17.1 Å². The van der Waals surface area contributed by atoms with Crippen LogP contribution in [0.3, 0.4) is 0 Å². The molecule has 10 rings (SSSR count). The fourth-order valence-electron chi connectivity index (χ4n) is 7.86. The summed E-state index contributed by atoms with van der Waals surface area (Å²) in [6, 6.07) is 70.4. The molecule has 0 N–H and O–H groups in total. The van der Waals surface area contributed by atoms with Crippen molar-refractivity contribution in [1.29, 1.82) is 0 Å². The van der Waals surface area contributed by atoms with E-state index in [1.165, 1.54) is 65.3 Å². The number of benzene rings is 9. The lowest BCUT2D eigenvalue weighted by Gasteiger charge is -2.27. The lowest BCUT2D eigenvalue weighted by Crippen LogP contribution is -2.10. The predicted molar refractivity (Wildman–Crippen MR) is 213 cm³/mol. The molecule has 2 heteroatoms. The highest BCUT2D eigenvalue weighted by Crippen LogP contribution is 2.43. The summed E-state index contributed by atoms with van der Waals surface area (Å²) in [7, 11) is 0. The van der Waals surface area contributed by atoms with Gasteiger partial charge >= 0.3 is 0 Å². The first-order valence-electron chi connectivity index (χ1n) is 17.2. The summed E-state index contributed by atoms with van der Waals surface area (Å²) in [6.45, 7) is 0. The lowest BCUT2D eigenvalue weighted by atomic mass is 9.95. The molecule has 0 saturated carbocycles. The Kier molecular flexibility index (Phi) is 6.53. The van der Waals surface area contributed by atoms with Crippen molar-refractivity contribution in [2.45, 2.75) is 0 Å². The molecule has 10 aromatic rings. The van der Waals surface area contributed by atoms with E-state index in [1.54, 1.807) is 0 Å². The number of para-hydroxylation sites is 2. The fraction of sp³-hybridized carbons (Fsp3) is 0. The first-order valence-corrected chi connectivity index (χ1v) is 17.2. The van der Waals surface area contributed by atoms with Crippen molar-refractivity contribution in [2.24, 2.45) is 0 Å². The maximum Gasteiger partial charge on any atom is 0.0547 e. The van der Waals surface area contributed by atoms with Crippen molar-refractivity contribution in [3.05, 3.63) is 194 Å². The third-order valence-corrected chi connectivity index (χ3v) is 10.1. The summed E-state index contributed by atoms with van der Waals surface area (Å²) in [5, 5.41) is 10.1. The molecule has 2 nitrogen and oxygen atoms in total. The van der Waals surface area contributed by atoms with E-state index in [0.29, 0.717) is 0 Å². The lowest BCUT2D eigenvalue weighted by molar-refractivity contribution is 1.17. The number of hydrogen-bond acceptors (Lipinski definition) is 1. The van der Waals surface area contributed by atoms with Crippen LogP contribution < -0.4 is 4.90 Å². The number of nitrogens with zero attached hydrogens (tertiary/aromatic N) is 2. The molecule has 0 amide bonds. The van der Waals surface area contributed by atoms with Crippen molar-refractivity contribution >= 4 is 71.2 Å². The minimum atomic E-state index is 1.11. The molecular weight excluding hydrogens is 605 g/mol. The smallest absolute Gasteiger partial charge is 0.0547 e. The minimum Gasteiger partial charge on any atom is -0.310 e. The highest BCUT2D eigenvalue weighted by molar-refractivity contribution is 6.21. The van der Waals surface area contributed by atoms with Crippen LogP contribution in [0.2, 0.25) is 0 Å². The van der Waals surface area contributed by atoms with Gasteiger partial charge in [-0.3, -0.25) is 0 Å². The summed E-state index contributed by atoms with van der Waals surface area (Å²) in [6.07, 6.45) is 0. The van der Waals surface area contributed by atoms with E-state index in [1.807, 2.05) is 0 Å². The topological polar surface area (TPSA) is 8.17 Å². The Bertz CT molecular complexity index is 2860. The summed E-state index contributed by atoms with van der Waals surface area (Å²) in [5.41, 5.74) is 9.39. The Labute approximate surface area is 290 Å². The molecule has 0 bridgehead atoms. The van der Waals surface area contributed by atoms with Crippen molar-refractivity contribution in [3.8, 4) is 16.8 Å². The zero-order valence-corrected chi connectivity index (χ0v) is 27.4. The van der Waals surface area contributed by atoms with E-state index in [-0.39, 0.29) is 0 Å². The average Bonchev–Trinajstić information content (AvgIpc) is 3.53. The van der Waals surface area contributed by atoms with E-state index in [0.717, 1.165) is 22.7 Å². The van der Waals surface area contributed by atoms with Crippen molar-refractivity contribution < 1.29 is 0 Å². The SMILES string of the molecule is c1ccc(N(c2ccc(-n3c4ccccc4c4c5ccccc5ccc43)cc2)c2ccc(-c3ccc4ccccc4c3)c3ccccc23)cc1. The maximum atomic E-state index is 2.40. The molecule has 0 aliphatic heterocycles. The van der Waals surface area contributed by atoms with E-state index in [9.17, 15) is 0 Å². The van der Waals surface area contributed by atoms with E-state index in [2.05, 4.69) is 204 Å². The molecule has 0 aliphatic carbocycles. The van der Waals surface area contributed by atoms with E-state index >= 15 is 0 Å². The number of anilines is 3. The molecule has 0 unspecified atom stereocenters. The Hall–Kier alpha value is -6.64. The zero-order valence-electron chi connectivity index (χ0n) is 27.4. The number of hydrogen-bond donors (Lipinski definition) is 0. The van der Waals surface area contributed by atoms with Crippen molar-refractivity contribution in [3.63, 3.8) is 0 Å². The first kappa shape index (κ1) is 28.4. The molecule has 0 saturated heterocycles. The van der Waals surface area contributed by atoms with Crippen LogP contribution in [0.15, 0.2) is 194 Å². The van der Waals surface area contributed by atoms with E-state index in [4.69, 9.17) is 0 Å². The second kappa shape index (κ2) is 11.5. The van der Waals surface area contributed by atoms with Gasteiger partial charge in [-0.2, -0.15) is 0 Å². The Morgan fingerprint density at radius 1 is 0.360 bits per heavy atom. The van der Waals surface area contributed by atoms with Gasteiger partial charge in [-0.25, -0.2) is 0 Å². The molecule has 0 atom stereocenters. The van der Waals surface area contributed by atoms with Crippen LogP contribution in [0.25, 0.3) is 70.9 Å². The molecule has 234 valence electrons. The van der Waals surface area contributed by atoms with Gasteiger partial charge < -0.3 is 9.47 Å². The zero-order chi connectivity index (χ0) is 33.0. The van der Waals surface area contributed by atoms with Gasteiger partial charge in [0.2, 0.25) is 0 Å². The fourth-order valence-corrected chi connectivity index (χ4v) is 7.86. The van der Waals surface area contributed by atoms with Crippen LogP contribution in [0, 0.1) is 0 Å². The van der Waals surface area contributed by atoms with Gasteiger partial charge in [0.1, 0.15) is 0 Å². The third-order valence-electron chi connectivity index (χ3n) is 10.1.